The van der Waals surface area contributed by atoms with Gasteiger partial charge >= 0.3 is 0 Å². The second-order valence-corrected chi connectivity index (χ2v) is 6.07. The van der Waals surface area contributed by atoms with Gasteiger partial charge in [-0.05, 0) is 59.2 Å². The minimum absolute atomic E-state index is 0.0769. The molecule has 1 aliphatic heterocycles. The Bertz CT molecular complexity index is 429. The number of rotatable bonds is 1. The third-order valence-corrected chi connectivity index (χ3v) is 4.48. The number of carbonyl (C=O) groups is 1. The van der Waals surface area contributed by atoms with E-state index in [0.717, 1.165) is 17.6 Å². The smallest absolute Gasteiger partial charge is 0.272 e. The van der Waals surface area contributed by atoms with E-state index in [9.17, 15) is 4.79 Å². The van der Waals surface area contributed by atoms with Gasteiger partial charge in [-0.25, -0.2) is 4.98 Å². The lowest BCUT2D eigenvalue weighted by atomic mass is 9.93. The van der Waals surface area contributed by atoms with Gasteiger partial charge < -0.3 is 4.90 Å². The lowest BCUT2D eigenvalue weighted by Gasteiger charge is -2.31. The molecule has 1 saturated carbocycles. The molecule has 2 heterocycles. The first-order valence-corrected chi connectivity index (χ1v) is 6.89. The number of carbonyl (C=O) groups excluding carboxylic acids is 1. The number of halogens is 1. The minimum atomic E-state index is 0.0769. The zero-order valence-electron chi connectivity index (χ0n) is 9.66. The molecule has 0 bridgehead atoms. The molecule has 1 saturated heterocycles. The number of hydrogen-bond donors (Lipinski definition) is 0. The highest BCUT2D eigenvalue weighted by Crippen LogP contribution is 2.53. The SMILES string of the molecule is O=C(c1ccc(Br)cn1)N1CCC2(CC1)CC2. The molecular weight excluding hydrogens is 280 g/mol. The Kier molecular flexibility index (Phi) is 2.69. The Hall–Kier alpha value is -0.900. The van der Waals surface area contributed by atoms with Crippen molar-refractivity contribution >= 4 is 21.8 Å². The molecule has 3 rings (SSSR count). The summed E-state index contributed by atoms with van der Waals surface area (Å²) < 4.78 is 0.907. The number of nitrogens with zero attached hydrogens (tertiary/aromatic N) is 2. The van der Waals surface area contributed by atoms with Crippen LogP contribution in [0, 0.1) is 5.41 Å². The molecule has 4 heteroatoms. The summed E-state index contributed by atoms with van der Waals surface area (Å²) in [4.78, 5) is 18.3. The van der Waals surface area contributed by atoms with Crippen molar-refractivity contribution in [1.29, 1.82) is 0 Å². The molecule has 1 spiro atoms. The van der Waals surface area contributed by atoms with E-state index in [0.29, 0.717) is 11.1 Å². The molecule has 17 heavy (non-hydrogen) atoms. The monoisotopic (exact) mass is 294 g/mol. The van der Waals surface area contributed by atoms with Gasteiger partial charge in [0.15, 0.2) is 0 Å². The van der Waals surface area contributed by atoms with Crippen LogP contribution < -0.4 is 0 Å². The van der Waals surface area contributed by atoms with Crippen molar-refractivity contribution in [3.8, 4) is 0 Å². The summed E-state index contributed by atoms with van der Waals surface area (Å²) in [6, 6.07) is 3.65. The lowest BCUT2D eigenvalue weighted by Crippen LogP contribution is -2.39. The maximum atomic E-state index is 12.2. The van der Waals surface area contributed by atoms with Gasteiger partial charge in [-0.2, -0.15) is 0 Å². The predicted octanol–water partition coefficient (Wildman–Crippen LogP) is 2.86. The zero-order chi connectivity index (χ0) is 11.9. The maximum absolute atomic E-state index is 12.2. The van der Waals surface area contributed by atoms with Crippen LogP contribution in [0.1, 0.15) is 36.2 Å². The highest BCUT2D eigenvalue weighted by Gasteiger charge is 2.45. The summed E-state index contributed by atoms with van der Waals surface area (Å²) >= 11 is 3.33. The van der Waals surface area contributed by atoms with Gasteiger partial charge in [0.25, 0.3) is 5.91 Å². The Morgan fingerprint density at radius 1 is 1.24 bits per heavy atom. The number of aromatic nitrogens is 1. The average molecular weight is 295 g/mol. The van der Waals surface area contributed by atoms with E-state index >= 15 is 0 Å². The van der Waals surface area contributed by atoms with Gasteiger partial charge in [0, 0.05) is 23.8 Å². The first-order chi connectivity index (χ1) is 8.19. The highest BCUT2D eigenvalue weighted by atomic mass is 79.9. The van der Waals surface area contributed by atoms with Crippen molar-refractivity contribution in [1.82, 2.24) is 9.88 Å². The fourth-order valence-electron chi connectivity index (χ4n) is 2.53. The lowest BCUT2D eigenvalue weighted by molar-refractivity contribution is 0.0672. The van der Waals surface area contributed by atoms with Gasteiger partial charge in [-0.1, -0.05) is 0 Å². The summed E-state index contributed by atoms with van der Waals surface area (Å²) in [5.74, 6) is 0.0769. The summed E-state index contributed by atoms with van der Waals surface area (Å²) in [6.07, 6.45) is 6.77. The van der Waals surface area contributed by atoms with Gasteiger partial charge in [-0.15, -0.1) is 0 Å². The first kappa shape index (κ1) is 11.2. The molecule has 2 fully saturated rings. The standard InChI is InChI=1S/C13H15BrN2O/c14-10-1-2-11(15-9-10)12(17)16-7-5-13(3-4-13)6-8-16/h1-2,9H,3-8H2. The second-order valence-electron chi connectivity index (χ2n) is 5.15. The molecule has 1 aromatic heterocycles. The van der Waals surface area contributed by atoms with Crippen LogP contribution in [-0.2, 0) is 0 Å². The Morgan fingerprint density at radius 2 is 1.94 bits per heavy atom. The van der Waals surface area contributed by atoms with Crippen LogP contribution in [0.25, 0.3) is 0 Å². The van der Waals surface area contributed by atoms with Crippen LogP contribution >= 0.6 is 15.9 Å². The van der Waals surface area contributed by atoms with E-state index in [4.69, 9.17) is 0 Å². The third-order valence-electron chi connectivity index (χ3n) is 4.01. The molecule has 0 unspecified atom stereocenters. The molecule has 2 aliphatic rings. The molecule has 3 nitrogen and oxygen atoms in total. The first-order valence-electron chi connectivity index (χ1n) is 6.09. The van der Waals surface area contributed by atoms with Crippen LogP contribution in [0.3, 0.4) is 0 Å². The molecule has 0 aromatic carbocycles. The number of hydrogen-bond acceptors (Lipinski definition) is 2. The number of amides is 1. The summed E-state index contributed by atoms with van der Waals surface area (Å²) in [5.41, 5.74) is 1.17. The molecular formula is C13H15BrN2O. The maximum Gasteiger partial charge on any atom is 0.272 e. The zero-order valence-corrected chi connectivity index (χ0v) is 11.2. The molecule has 1 aliphatic carbocycles. The van der Waals surface area contributed by atoms with Crippen LogP contribution in [0.4, 0.5) is 0 Å². The average Bonchev–Trinajstić information content (AvgIpc) is 3.10. The largest absolute Gasteiger partial charge is 0.337 e. The van der Waals surface area contributed by atoms with Crippen molar-refractivity contribution in [2.45, 2.75) is 25.7 Å². The van der Waals surface area contributed by atoms with E-state index in [1.54, 1.807) is 12.3 Å². The van der Waals surface area contributed by atoms with Crippen LogP contribution in [0.2, 0.25) is 0 Å². The van der Waals surface area contributed by atoms with Gasteiger partial charge in [0.1, 0.15) is 5.69 Å². The molecule has 0 atom stereocenters. The molecule has 90 valence electrons. The fraction of sp³-hybridized carbons (Fsp3) is 0.538. The number of likely N-dealkylation sites (tertiary alicyclic amines) is 1. The van der Waals surface area contributed by atoms with Crippen molar-refractivity contribution in [3.05, 3.63) is 28.5 Å². The van der Waals surface area contributed by atoms with E-state index in [1.165, 1.54) is 25.7 Å². The van der Waals surface area contributed by atoms with Gasteiger partial charge in [0.2, 0.25) is 0 Å². The fourth-order valence-corrected chi connectivity index (χ4v) is 2.76. The highest BCUT2D eigenvalue weighted by molar-refractivity contribution is 9.10. The molecule has 1 amide bonds. The summed E-state index contributed by atoms with van der Waals surface area (Å²) in [5, 5.41) is 0. The normalized spacial score (nSPS) is 21.6. The van der Waals surface area contributed by atoms with Gasteiger partial charge in [-0.3, -0.25) is 4.79 Å². The van der Waals surface area contributed by atoms with Gasteiger partial charge in [0.05, 0.1) is 0 Å². The van der Waals surface area contributed by atoms with E-state index in [-0.39, 0.29) is 5.91 Å². The van der Waals surface area contributed by atoms with Crippen LogP contribution in [0.15, 0.2) is 22.8 Å². The van der Waals surface area contributed by atoms with Crippen LogP contribution in [0.5, 0.6) is 0 Å². The van der Waals surface area contributed by atoms with Crippen molar-refractivity contribution in [2.24, 2.45) is 5.41 Å². The summed E-state index contributed by atoms with van der Waals surface area (Å²) in [6.45, 7) is 1.80. The van der Waals surface area contributed by atoms with E-state index in [1.807, 2.05) is 11.0 Å². The summed E-state index contributed by atoms with van der Waals surface area (Å²) in [7, 11) is 0. The predicted molar refractivity (Wildman–Crippen MR) is 68.7 cm³/mol. The second kappa shape index (κ2) is 4.09. The molecule has 0 radical (unpaired) electrons. The van der Waals surface area contributed by atoms with Crippen molar-refractivity contribution < 1.29 is 4.79 Å². The van der Waals surface area contributed by atoms with Crippen LogP contribution in [-0.4, -0.2) is 28.9 Å². The van der Waals surface area contributed by atoms with E-state index in [2.05, 4.69) is 20.9 Å². The Morgan fingerprint density at radius 3 is 2.47 bits per heavy atom. The van der Waals surface area contributed by atoms with Crippen molar-refractivity contribution in [2.75, 3.05) is 13.1 Å². The third kappa shape index (κ3) is 2.23. The van der Waals surface area contributed by atoms with Crippen molar-refractivity contribution in [3.63, 3.8) is 0 Å². The Labute approximate surface area is 109 Å². The number of piperidine rings is 1. The quantitative estimate of drug-likeness (QED) is 0.798. The topological polar surface area (TPSA) is 33.2 Å². The Balaban J connectivity index is 1.68. The minimum Gasteiger partial charge on any atom is -0.337 e. The number of pyridine rings is 1. The molecule has 0 N–H and O–H groups in total. The molecule has 1 aromatic rings. The van der Waals surface area contributed by atoms with E-state index < -0.39 is 0 Å².